The van der Waals surface area contributed by atoms with Gasteiger partial charge in [0.15, 0.2) is 0 Å². The molecule has 1 aliphatic rings. The second-order valence-corrected chi connectivity index (χ2v) is 5.89. The molecule has 1 fully saturated rings. The summed E-state index contributed by atoms with van der Waals surface area (Å²) in [4.78, 5) is 12.4. The first-order chi connectivity index (χ1) is 6.92. The lowest BCUT2D eigenvalue weighted by molar-refractivity contribution is -0.139. The van der Waals surface area contributed by atoms with Crippen molar-refractivity contribution >= 4 is 5.78 Å². The molecule has 0 aromatic carbocycles. The van der Waals surface area contributed by atoms with Gasteiger partial charge in [-0.05, 0) is 19.3 Å². The number of aliphatic hydroxyl groups is 1. The third-order valence-electron chi connectivity index (χ3n) is 3.56. The van der Waals surface area contributed by atoms with Crippen molar-refractivity contribution in [2.75, 3.05) is 6.61 Å². The fraction of sp³-hybridized carbons (Fsp3) is 0.923. The van der Waals surface area contributed by atoms with E-state index in [0.29, 0.717) is 12.2 Å². The molecule has 2 nitrogen and oxygen atoms in total. The standard InChI is InChI=1S/C13H24O2/c1-12(2,3)11(15)13(9-10-14)7-5-4-6-8-13/h14H,4-10H2,1-3H3. The maximum Gasteiger partial charge on any atom is 0.144 e. The van der Waals surface area contributed by atoms with Crippen molar-refractivity contribution in [3.63, 3.8) is 0 Å². The van der Waals surface area contributed by atoms with Crippen LogP contribution < -0.4 is 0 Å². The average molecular weight is 212 g/mol. The van der Waals surface area contributed by atoms with Gasteiger partial charge in [-0.15, -0.1) is 0 Å². The highest BCUT2D eigenvalue weighted by Gasteiger charge is 2.43. The molecule has 0 unspecified atom stereocenters. The number of Topliss-reactive ketones (excluding diaryl/α,β-unsaturated/α-hetero) is 1. The van der Waals surface area contributed by atoms with Gasteiger partial charge in [-0.2, -0.15) is 0 Å². The topological polar surface area (TPSA) is 37.3 Å². The monoisotopic (exact) mass is 212 g/mol. The fourth-order valence-corrected chi connectivity index (χ4v) is 2.83. The highest BCUT2D eigenvalue weighted by Crippen LogP contribution is 2.44. The number of rotatable bonds is 3. The third kappa shape index (κ3) is 2.81. The Hall–Kier alpha value is -0.370. The molecule has 0 aromatic heterocycles. The van der Waals surface area contributed by atoms with Crippen LogP contribution in [0.25, 0.3) is 0 Å². The molecular formula is C13H24O2. The molecule has 0 spiro atoms. The Morgan fingerprint density at radius 1 is 1.20 bits per heavy atom. The lowest BCUT2D eigenvalue weighted by Gasteiger charge is -2.39. The Kier molecular flexibility index (Phi) is 3.93. The summed E-state index contributed by atoms with van der Waals surface area (Å²) in [6, 6.07) is 0. The van der Waals surface area contributed by atoms with Crippen LogP contribution in [-0.2, 0) is 4.79 Å². The molecule has 0 saturated heterocycles. The molecule has 0 atom stereocenters. The van der Waals surface area contributed by atoms with Crippen LogP contribution in [0.2, 0.25) is 0 Å². The van der Waals surface area contributed by atoms with Gasteiger partial charge < -0.3 is 5.11 Å². The molecule has 2 heteroatoms. The summed E-state index contributed by atoms with van der Waals surface area (Å²) in [5, 5.41) is 9.15. The SMILES string of the molecule is CC(C)(C)C(=O)C1(CCO)CCCCC1. The summed E-state index contributed by atoms with van der Waals surface area (Å²) in [6.07, 6.45) is 6.13. The zero-order chi connectivity index (χ0) is 11.5. The van der Waals surface area contributed by atoms with E-state index in [2.05, 4.69) is 0 Å². The molecule has 0 aliphatic heterocycles. The van der Waals surface area contributed by atoms with Crippen LogP contribution in [0.1, 0.15) is 59.3 Å². The number of hydrogen-bond acceptors (Lipinski definition) is 2. The van der Waals surface area contributed by atoms with E-state index in [1.165, 1.54) is 6.42 Å². The molecule has 1 N–H and O–H groups in total. The van der Waals surface area contributed by atoms with Crippen molar-refractivity contribution in [1.82, 2.24) is 0 Å². The Balaban J connectivity index is 2.84. The quantitative estimate of drug-likeness (QED) is 0.781. The van der Waals surface area contributed by atoms with Gasteiger partial charge in [0.25, 0.3) is 0 Å². The summed E-state index contributed by atoms with van der Waals surface area (Å²) in [7, 11) is 0. The van der Waals surface area contributed by atoms with Gasteiger partial charge in [0.05, 0.1) is 0 Å². The number of carbonyl (C=O) groups excluding carboxylic acids is 1. The largest absolute Gasteiger partial charge is 0.396 e. The fourth-order valence-electron chi connectivity index (χ4n) is 2.83. The number of hydrogen-bond donors (Lipinski definition) is 1. The summed E-state index contributed by atoms with van der Waals surface area (Å²) in [6.45, 7) is 6.11. The van der Waals surface area contributed by atoms with E-state index in [1.807, 2.05) is 20.8 Å². The van der Waals surface area contributed by atoms with Crippen molar-refractivity contribution in [2.45, 2.75) is 59.3 Å². The van der Waals surface area contributed by atoms with Crippen molar-refractivity contribution in [2.24, 2.45) is 10.8 Å². The van der Waals surface area contributed by atoms with Crippen molar-refractivity contribution < 1.29 is 9.90 Å². The van der Waals surface area contributed by atoms with Crippen LogP contribution in [0.5, 0.6) is 0 Å². The first kappa shape index (κ1) is 12.7. The van der Waals surface area contributed by atoms with Crippen LogP contribution in [0.15, 0.2) is 0 Å². The molecule has 88 valence electrons. The molecule has 0 aromatic rings. The first-order valence-corrected chi connectivity index (χ1v) is 6.08. The zero-order valence-corrected chi connectivity index (χ0v) is 10.3. The van der Waals surface area contributed by atoms with Crippen LogP contribution in [0, 0.1) is 10.8 Å². The predicted octanol–water partition coefficient (Wildman–Crippen LogP) is 2.93. The van der Waals surface area contributed by atoms with Gasteiger partial charge in [-0.25, -0.2) is 0 Å². The third-order valence-corrected chi connectivity index (χ3v) is 3.56. The van der Waals surface area contributed by atoms with Crippen LogP contribution >= 0.6 is 0 Å². The van der Waals surface area contributed by atoms with E-state index in [1.54, 1.807) is 0 Å². The Morgan fingerprint density at radius 2 is 1.73 bits per heavy atom. The van der Waals surface area contributed by atoms with E-state index >= 15 is 0 Å². The highest BCUT2D eigenvalue weighted by molar-refractivity contribution is 5.89. The molecule has 15 heavy (non-hydrogen) atoms. The Bertz CT molecular complexity index is 214. The van der Waals surface area contributed by atoms with E-state index in [4.69, 9.17) is 5.11 Å². The molecule has 1 aliphatic carbocycles. The number of carbonyl (C=O) groups is 1. The van der Waals surface area contributed by atoms with Gasteiger partial charge in [0, 0.05) is 17.4 Å². The summed E-state index contributed by atoms with van der Waals surface area (Å²) < 4.78 is 0. The lowest BCUT2D eigenvalue weighted by Crippen LogP contribution is -2.41. The second kappa shape index (κ2) is 4.65. The van der Waals surface area contributed by atoms with Gasteiger partial charge >= 0.3 is 0 Å². The maximum absolute atomic E-state index is 12.4. The summed E-state index contributed by atoms with van der Waals surface area (Å²) in [5.41, 5.74) is -0.488. The minimum Gasteiger partial charge on any atom is -0.396 e. The van der Waals surface area contributed by atoms with Gasteiger partial charge in [-0.3, -0.25) is 4.79 Å². The molecule has 0 bridgehead atoms. The van der Waals surface area contributed by atoms with Gasteiger partial charge in [-0.1, -0.05) is 40.0 Å². The smallest absolute Gasteiger partial charge is 0.144 e. The van der Waals surface area contributed by atoms with Crippen molar-refractivity contribution in [3.8, 4) is 0 Å². The summed E-state index contributed by atoms with van der Waals surface area (Å²) >= 11 is 0. The first-order valence-electron chi connectivity index (χ1n) is 6.08. The molecule has 0 amide bonds. The van der Waals surface area contributed by atoms with Gasteiger partial charge in [0.2, 0.25) is 0 Å². The van der Waals surface area contributed by atoms with Crippen molar-refractivity contribution in [1.29, 1.82) is 0 Å². The zero-order valence-electron chi connectivity index (χ0n) is 10.3. The average Bonchev–Trinajstić information content (AvgIpc) is 2.17. The Morgan fingerprint density at radius 3 is 2.13 bits per heavy atom. The lowest BCUT2D eigenvalue weighted by atomic mass is 9.63. The number of ketones is 1. The minimum absolute atomic E-state index is 0.141. The van der Waals surface area contributed by atoms with E-state index < -0.39 is 0 Å². The van der Waals surface area contributed by atoms with Gasteiger partial charge in [0.1, 0.15) is 5.78 Å². The molecule has 1 saturated carbocycles. The van der Waals surface area contributed by atoms with Crippen LogP contribution in [0.3, 0.4) is 0 Å². The highest BCUT2D eigenvalue weighted by atomic mass is 16.3. The van der Waals surface area contributed by atoms with Crippen LogP contribution in [-0.4, -0.2) is 17.5 Å². The van der Waals surface area contributed by atoms with Crippen molar-refractivity contribution in [3.05, 3.63) is 0 Å². The molecule has 0 heterocycles. The Labute approximate surface area is 93.1 Å². The minimum atomic E-state index is -0.271. The maximum atomic E-state index is 12.4. The van der Waals surface area contributed by atoms with E-state index in [0.717, 1.165) is 25.7 Å². The van der Waals surface area contributed by atoms with Crippen LogP contribution in [0.4, 0.5) is 0 Å². The normalized spacial score (nSPS) is 21.3. The van der Waals surface area contributed by atoms with E-state index in [9.17, 15) is 4.79 Å². The molecule has 0 radical (unpaired) electrons. The molecular weight excluding hydrogens is 188 g/mol. The summed E-state index contributed by atoms with van der Waals surface area (Å²) in [5.74, 6) is 0.351. The second-order valence-electron chi connectivity index (χ2n) is 5.89. The predicted molar refractivity (Wildman–Crippen MR) is 61.7 cm³/mol. The number of aliphatic hydroxyl groups excluding tert-OH is 1. The molecule has 1 rings (SSSR count). The van der Waals surface area contributed by atoms with E-state index in [-0.39, 0.29) is 17.4 Å².